The monoisotopic (exact) mass is 762 g/mol. The highest BCUT2D eigenvalue weighted by atomic mass is 32.2. The van der Waals surface area contributed by atoms with Crippen molar-refractivity contribution in [2.24, 2.45) is 0 Å². The normalized spacial score (nSPS) is 11.9. The van der Waals surface area contributed by atoms with Gasteiger partial charge in [-0.3, -0.25) is 9.59 Å². The van der Waals surface area contributed by atoms with Crippen molar-refractivity contribution < 1.29 is 9.59 Å². The van der Waals surface area contributed by atoms with Gasteiger partial charge in [0.2, 0.25) is 0 Å². The van der Waals surface area contributed by atoms with E-state index in [0.29, 0.717) is 0 Å². The number of aromatic nitrogens is 4. The van der Waals surface area contributed by atoms with Gasteiger partial charge in [-0.1, -0.05) is 108 Å². The van der Waals surface area contributed by atoms with Gasteiger partial charge in [-0.25, -0.2) is 9.97 Å². The summed E-state index contributed by atoms with van der Waals surface area (Å²) in [7, 11) is 0. The third kappa shape index (κ3) is 6.96. The van der Waals surface area contributed by atoms with E-state index in [1.807, 2.05) is 60.7 Å². The molecule has 4 aromatic carbocycles. The minimum absolute atomic E-state index is 0.0440. The maximum Gasteiger partial charge on any atom is 0.190 e. The lowest BCUT2D eigenvalue weighted by Crippen LogP contribution is -1.90. The molecule has 56 heavy (non-hydrogen) atoms. The molecule has 6 nitrogen and oxygen atoms in total. The fourth-order valence-electron chi connectivity index (χ4n) is 7.34. The first-order chi connectivity index (χ1) is 27.4. The Morgan fingerprint density at radius 1 is 0.393 bits per heavy atom. The van der Waals surface area contributed by atoms with Crippen LogP contribution in [0.15, 0.2) is 143 Å². The third-order valence-electron chi connectivity index (χ3n) is 9.69. The van der Waals surface area contributed by atoms with Crippen LogP contribution in [0.1, 0.15) is 36.6 Å². The second kappa shape index (κ2) is 15.0. The van der Waals surface area contributed by atoms with Crippen molar-refractivity contribution in [2.75, 3.05) is 0 Å². The predicted molar refractivity (Wildman–Crippen MR) is 234 cm³/mol. The fourth-order valence-corrected chi connectivity index (χ4v) is 8.55. The van der Waals surface area contributed by atoms with Crippen LogP contribution >= 0.6 is 23.5 Å². The second-order valence-corrected chi connectivity index (χ2v) is 16.0. The van der Waals surface area contributed by atoms with Crippen molar-refractivity contribution in [1.29, 1.82) is 0 Å². The van der Waals surface area contributed by atoms with E-state index < -0.39 is 0 Å². The largest absolute Gasteiger partial charge is 0.354 e. The minimum atomic E-state index is 0.0440. The summed E-state index contributed by atoms with van der Waals surface area (Å²) in [6, 6.07) is 45.3. The maximum atomic E-state index is 11.9. The zero-order chi connectivity index (χ0) is 38.2. The zero-order valence-electron chi connectivity index (χ0n) is 30.5. The van der Waals surface area contributed by atoms with Gasteiger partial charge in [-0.2, -0.15) is 0 Å². The molecule has 0 atom stereocenters. The summed E-state index contributed by atoms with van der Waals surface area (Å²) in [6.45, 7) is 3.16. The number of fused-ring (bicyclic) bond motifs is 8. The van der Waals surface area contributed by atoms with E-state index in [9.17, 15) is 9.59 Å². The molecular formula is C48H34N4O2S2. The third-order valence-corrected chi connectivity index (χ3v) is 11.3. The number of aromatic amines is 2. The van der Waals surface area contributed by atoms with Crippen LogP contribution in [0.25, 0.3) is 90.9 Å². The number of H-pyrrole nitrogens is 2. The molecule has 5 heterocycles. The number of nitrogens with zero attached hydrogens (tertiary/aromatic N) is 2. The van der Waals surface area contributed by atoms with Crippen LogP contribution in [-0.2, 0) is 9.59 Å². The van der Waals surface area contributed by atoms with Crippen LogP contribution in [0.4, 0.5) is 0 Å². The molecule has 2 aliphatic heterocycles. The van der Waals surface area contributed by atoms with E-state index in [1.165, 1.54) is 23.5 Å². The quantitative estimate of drug-likeness (QED) is 0.164. The molecule has 2 N–H and O–H groups in total. The van der Waals surface area contributed by atoms with Crippen molar-refractivity contribution in [3.8, 4) is 44.5 Å². The number of thioether (sulfide) groups is 2. The lowest BCUT2D eigenvalue weighted by molar-refractivity contribution is -0.109. The van der Waals surface area contributed by atoms with E-state index in [1.54, 1.807) is 13.8 Å². The van der Waals surface area contributed by atoms with E-state index in [2.05, 4.69) is 107 Å². The molecule has 0 unspecified atom stereocenters. The maximum absolute atomic E-state index is 11.9. The molecule has 2 aliphatic rings. The van der Waals surface area contributed by atoms with Crippen LogP contribution < -0.4 is 0 Å². The first-order valence-electron chi connectivity index (χ1n) is 18.2. The molecular weight excluding hydrogens is 729 g/mol. The summed E-state index contributed by atoms with van der Waals surface area (Å²) in [6.07, 6.45) is 8.34. The van der Waals surface area contributed by atoms with Crippen LogP contribution in [0.2, 0.25) is 0 Å². The van der Waals surface area contributed by atoms with E-state index >= 15 is 0 Å². The van der Waals surface area contributed by atoms with Crippen molar-refractivity contribution in [3.63, 3.8) is 0 Å². The molecule has 0 fully saturated rings. The highest BCUT2D eigenvalue weighted by Gasteiger charge is 2.19. The molecule has 3 aromatic heterocycles. The number of nitrogens with one attached hydrogen (secondary N) is 2. The standard InChI is InChI=1S/C48H34N4O2S2/c1-29(53)55-35-17-13-33(14-18-35)47-41-25-21-37(49-41)45(31-9-5-3-6-10-31)39-23-27-43(51-39)48(34-15-19-36(20-16-34)56-30(2)54)44-28-24-40(52-44)46(32-11-7-4-8-12-32)38-22-26-42(47)50-38/h3-28,49,52H,1-2H3. The summed E-state index contributed by atoms with van der Waals surface area (Å²) >= 11 is 2.44. The molecule has 0 saturated heterocycles. The number of hydrogen-bond acceptors (Lipinski definition) is 6. The number of carbonyl (C=O) groups excluding carboxylic acids is 2. The van der Waals surface area contributed by atoms with Gasteiger partial charge in [0.15, 0.2) is 10.2 Å². The molecule has 0 saturated carbocycles. The molecule has 0 radical (unpaired) electrons. The molecule has 0 spiro atoms. The van der Waals surface area contributed by atoms with Gasteiger partial charge in [0.05, 0.1) is 22.8 Å². The summed E-state index contributed by atoms with van der Waals surface area (Å²) in [5.41, 5.74) is 14.8. The highest BCUT2D eigenvalue weighted by Crippen LogP contribution is 2.39. The fraction of sp³-hybridized carbons (Fsp3) is 0.0417. The van der Waals surface area contributed by atoms with Crippen molar-refractivity contribution >= 4 is 80.1 Å². The molecule has 0 amide bonds. The van der Waals surface area contributed by atoms with Gasteiger partial charge in [0, 0.05) is 68.0 Å². The van der Waals surface area contributed by atoms with Crippen LogP contribution in [0.3, 0.4) is 0 Å². The molecule has 8 bridgehead atoms. The lowest BCUT2D eigenvalue weighted by atomic mass is 10.0. The average molecular weight is 763 g/mol. The number of hydrogen-bond donors (Lipinski definition) is 2. The Balaban J connectivity index is 1.41. The van der Waals surface area contributed by atoms with E-state index in [0.717, 1.165) is 99.1 Å². The number of rotatable bonds is 6. The second-order valence-electron chi connectivity index (χ2n) is 13.5. The first kappa shape index (κ1) is 35.2. The van der Waals surface area contributed by atoms with Gasteiger partial charge >= 0.3 is 0 Å². The molecule has 8 heteroatoms. The van der Waals surface area contributed by atoms with Crippen LogP contribution in [0, 0.1) is 0 Å². The summed E-state index contributed by atoms with van der Waals surface area (Å²) in [5.74, 6) is 0. The Labute approximate surface area is 332 Å². The van der Waals surface area contributed by atoms with E-state index in [-0.39, 0.29) is 10.2 Å². The Bertz CT molecular complexity index is 2690. The Morgan fingerprint density at radius 3 is 0.964 bits per heavy atom. The number of benzene rings is 4. The Hall–Kier alpha value is -6.48. The smallest absolute Gasteiger partial charge is 0.190 e. The summed E-state index contributed by atoms with van der Waals surface area (Å²) < 4.78 is 0. The van der Waals surface area contributed by atoms with Crippen LogP contribution in [0.5, 0.6) is 0 Å². The Kier molecular flexibility index (Phi) is 9.43. The minimum Gasteiger partial charge on any atom is -0.354 e. The van der Waals surface area contributed by atoms with Crippen molar-refractivity contribution in [1.82, 2.24) is 19.9 Å². The average Bonchev–Trinajstić information content (AvgIpc) is 4.05. The molecule has 0 aliphatic carbocycles. The molecule has 9 rings (SSSR count). The van der Waals surface area contributed by atoms with Crippen molar-refractivity contribution in [3.05, 3.63) is 156 Å². The van der Waals surface area contributed by atoms with Gasteiger partial charge in [0.25, 0.3) is 0 Å². The lowest BCUT2D eigenvalue weighted by Gasteiger charge is -2.07. The van der Waals surface area contributed by atoms with Gasteiger partial charge in [0.1, 0.15) is 0 Å². The number of carbonyl (C=O) groups is 2. The van der Waals surface area contributed by atoms with Crippen LogP contribution in [-0.4, -0.2) is 30.2 Å². The summed E-state index contributed by atoms with van der Waals surface area (Å²) in [4.78, 5) is 43.9. The predicted octanol–water partition coefficient (Wildman–Crippen LogP) is 12.6. The van der Waals surface area contributed by atoms with Crippen molar-refractivity contribution in [2.45, 2.75) is 23.6 Å². The SMILES string of the molecule is CC(=O)Sc1ccc(-c2c3nc(c(-c4ccccc4)c4ccc([nH]4)c(-c4ccc(SC(C)=O)cc4)c4nc(c(-c5ccccc5)c5ccc2[nH]5)C=C4)C=C3)cc1. The summed E-state index contributed by atoms with van der Waals surface area (Å²) in [5, 5.41) is 0.0881. The zero-order valence-corrected chi connectivity index (χ0v) is 32.2. The van der Waals surface area contributed by atoms with Gasteiger partial charge < -0.3 is 9.97 Å². The first-order valence-corrected chi connectivity index (χ1v) is 19.9. The van der Waals surface area contributed by atoms with E-state index in [4.69, 9.17) is 9.97 Å². The molecule has 7 aromatic rings. The van der Waals surface area contributed by atoms with Gasteiger partial charge in [-0.15, -0.1) is 0 Å². The Morgan fingerprint density at radius 2 is 0.679 bits per heavy atom. The topological polar surface area (TPSA) is 91.5 Å². The molecule has 270 valence electrons. The highest BCUT2D eigenvalue weighted by molar-refractivity contribution is 8.13. The van der Waals surface area contributed by atoms with Gasteiger partial charge in [-0.05, 0) is 95.1 Å².